The highest BCUT2D eigenvalue weighted by molar-refractivity contribution is 4.66. The van der Waals surface area contributed by atoms with E-state index in [1.807, 2.05) is 27.7 Å². The standard InChI is InChI=1S/C9H21N.2C2H6/c1-5-9(3,4)7-8-10-6-2;2*1-2/h10H,5-8H2,1-4H3;2*1-2H3. The molecule has 0 radical (unpaired) electrons. The van der Waals surface area contributed by atoms with E-state index in [-0.39, 0.29) is 0 Å². The Bertz CT molecular complexity index is 77.3. The molecule has 0 aliphatic carbocycles. The summed E-state index contributed by atoms with van der Waals surface area (Å²) in [7, 11) is 0. The Kier molecular flexibility index (Phi) is 21.5. The molecule has 0 amide bonds. The monoisotopic (exact) mass is 203 g/mol. The molecular weight excluding hydrogens is 170 g/mol. The summed E-state index contributed by atoms with van der Waals surface area (Å²) in [5.74, 6) is 0. The summed E-state index contributed by atoms with van der Waals surface area (Å²) in [5.41, 5.74) is 0.530. The van der Waals surface area contributed by atoms with Crippen LogP contribution in [0.25, 0.3) is 0 Å². The molecular formula is C13H33N. The van der Waals surface area contributed by atoms with Crippen LogP contribution in [-0.2, 0) is 0 Å². The molecule has 0 atom stereocenters. The van der Waals surface area contributed by atoms with Gasteiger partial charge in [-0.05, 0) is 24.9 Å². The molecule has 0 rings (SSSR count). The first-order valence-corrected chi connectivity index (χ1v) is 6.33. The van der Waals surface area contributed by atoms with Gasteiger partial charge in [-0.25, -0.2) is 0 Å². The Morgan fingerprint density at radius 3 is 1.64 bits per heavy atom. The van der Waals surface area contributed by atoms with Gasteiger partial charge in [0.1, 0.15) is 0 Å². The van der Waals surface area contributed by atoms with Crippen LogP contribution in [0.15, 0.2) is 0 Å². The van der Waals surface area contributed by atoms with Gasteiger partial charge in [0.05, 0.1) is 0 Å². The minimum absolute atomic E-state index is 0.530. The second kappa shape index (κ2) is 15.4. The van der Waals surface area contributed by atoms with Gasteiger partial charge in [-0.2, -0.15) is 0 Å². The third-order valence-corrected chi connectivity index (χ3v) is 2.19. The van der Waals surface area contributed by atoms with Gasteiger partial charge in [0.15, 0.2) is 0 Å². The average Bonchev–Trinajstić information content (AvgIpc) is 2.24. The van der Waals surface area contributed by atoms with Crippen LogP contribution >= 0.6 is 0 Å². The number of hydrogen-bond acceptors (Lipinski definition) is 1. The predicted octanol–water partition coefficient (Wildman–Crippen LogP) is 4.47. The van der Waals surface area contributed by atoms with Gasteiger partial charge in [-0.15, -0.1) is 0 Å². The molecule has 0 heterocycles. The number of hydrogen-bond donors (Lipinski definition) is 1. The lowest BCUT2D eigenvalue weighted by Gasteiger charge is -2.22. The van der Waals surface area contributed by atoms with Gasteiger partial charge in [-0.3, -0.25) is 0 Å². The highest BCUT2D eigenvalue weighted by Gasteiger charge is 2.13. The van der Waals surface area contributed by atoms with E-state index in [1.54, 1.807) is 0 Å². The van der Waals surface area contributed by atoms with Crippen LogP contribution in [-0.4, -0.2) is 13.1 Å². The molecule has 0 aliphatic heterocycles. The topological polar surface area (TPSA) is 12.0 Å². The van der Waals surface area contributed by atoms with E-state index >= 15 is 0 Å². The maximum Gasteiger partial charge on any atom is -0.00439 e. The smallest absolute Gasteiger partial charge is 0.00439 e. The lowest BCUT2D eigenvalue weighted by atomic mass is 9.87. The van der Waals surface area contributed by atoms with E-state index in [4.69, 9.17) is 0 Å². The molecule has 90 valence electrons. The maximum absolute atomic E-state index is 3.34. The molecule has 1 heteroatoms. The molecule has 14 heavy (non-hydrogen) atoms. The van der Waals surface area contributed by atoms with Gasteiger partial charge in [-0.1, -0.05) is 61.8 Å². The molecule has 0 spiro atoms. The first kappa shape index (κ1) is 19.5. The summed E-state index contributed by atoms with van der Waals surface area (Å²) in [4.78, 5) is 0. The van der Waals surface area contributed by atoms with Crippen molar-refractivity contribution in [1.82, 2.24) is 5.32 Å². The van der Waals surface area contributed by atoms with Crippen LogP contribution in [0, 0.1) is 5.41 Å². The molecule has 0 aromatic carbocycles. The second-order valence-corrected chi connectivity index (χ2v) is 3.62. The van der Waals surface area contributed by atoms with Crippen LogP contribution < -0.4 is 5.32 Å². The van der Waals surface area contributed by atoms with Gasteiger partial charge in [0.2, 0.25) is 0 Å². The molecule has 0 aromatic rings. The zero-order valence-electron chi connectivity index (χ0n) is 11.8. The van der Waals surface area contributed by atoms with Crippen molar-refractivity contribution < 1.29 is 0 Å². The summed E-state index contributed by atoms with van der Waals surface area (Å²) >= 11 is 0. The van der Waals surface area contributed by atoms with E-state index in [0.717, 1.165) is 13.1 Å². The zero-order valence-corrected chi connectivity index (χ0v) is 11.8. The Morgan fingerprint density at radius 2 is 1.36 bits per heavy atom. The summed E-state index contributed by atoms with van der Waals surface area (Å²) in [6.45, 7) is 19.3. The van der Waals surface area contributed by atoms with Crippen LogP contribution in [0.5, 0.6) is 0 Å². The van der Waals surface area contributed by atoms with Crippen molar-refractivity contribution >= 4 is 0 Å². The second-order valence-electron chi connectivity index (χ2n) is 3.62. The van der Waals surface area contributed by atoms with Crippen molar-refractivity contribution in [1.29, 1.82) is 0 Å². The average molecular weight is 203 g/mol. The highest BCUT2D eigenvalue weighted by Crippen LogP contribution is 2.23. The fourth-order valence-electron chi connectivity index (χ4n) is 0.780. The maximum atomic E-state index is 3.34. The molecule has 0 aliphatic rings. The first-order valence-electron chi connectivity index (χ1n) is 6.33. The fraction of sp³-hybridized carbons (Fsp3) is 1.00. The van der Waals surface area contributed by atoms with E-state index < -0.39 is 0 Å². The molecule has 0 unspecified atom stereocenters. The van der Waals surface area contributed by atoms with Crippen LogP contribution in [0.1, 0.15) is 68.2 Å². The van der Waals surface area contributed by atoms with Crippen molar-refractivity contribution in [3.63, 3.8) is 0 Å². The minimum Gasteiger partial charge on any atom is -0.317 e. The highest BCUT2D eigenvalue weighted by atomic mass is 14.8. The molecule has 0 saturated heterocycles. The molecule has 0 saturated carbocycles. The zero-order chi connectivity index (χ0) is 12.0. The SMILES string of the molecule is CC.CC.CCNCCC(C)(C)CC. The third kappa shape index (κ3) is 17.9. The van der Waals surface area contributed by atoms with Crippen LogP contribution in [0.4, 0.5) is 0 Å². The van der Waals surface area contributed by atoms with Gasteiger partial charge >= 0.3 is 0 Å². The normalized spacial score (nSPS) is 9.43. The summed E-state index contributed by atoms with van der Waals surface area (Å²) in [6.07, 6.45) is 2.57. The molecule has 0 fully saturated rings. The van der Waals surface area contributed by atoms with Crippen molar-refractivity contribution in [2.24, 2.45) is 5.41 Å². The molecule has 0 bridgehead atoms. The predicted molar refractivity (Wildman–Crippen MR) is 69.9 cm³/mol. The fourth-order valence-corrected chi connectivity index (χ4v) is 0.780. The third-order valence-electron chi connectivity index (χ3n) is 2.19. The Morgan fingerprint density at radius 1 is 0.929 bits per heavy atom. The van der Waals surface area contributed by atoms with Gasteiger partial charge in [0, 0.05) is 0 Å². The minimum atomic E-state index is 0.530. The summed E-state index contributed by atoms with van der Waals surface area (Å²) in [5, 5.41) is 3.34. The van der Waals surface area contributed by atoms with Crippen LogP contribution in [0.2, 0.25) is 0 Å². The first-order chi connectivity index (χ1) is 6.62. The summed E-state index contributed by atoms with van der Waals surface area (Å²) in [6, 6.07) is 0. The Balaban J connectivity index is -0.000000266. The largest absolute Gasteiger partial charge is 0.317 e. The van der Waals surface area contributed by atoms with Crippen LogP contribution in [0.3, 0.4) is 0 Å². The lowest BCUT2D eigenvalue weighted by molar-refractivity contribution is 0.317. The number of rotatable bonds is 5. The van der Waals surface area contributed by atoms with Crippen molar-refractivity contribution in [2.75, 3.05) is 13.1 Å². The lowest BCUT2D eigenvalue weighted by Crippen LogP contribution is -2.21. The quantitative estimate of drug-likeness (QED) is 0.650. The Hall–Kier alpha value is -0.0400. The van der Waals surface area contributed by atoms with E-state index in [2.05, 4.69) is 33.0 Å². The van der Waals surface area contributed by atoms with E-state index in [0.29, 0.717) is 5.41 Å². The van der Waals surface area contributed by atoms with E-state index in [1.165, 1.54) is 12.8 Å². The van der Waals surface area contributed by atoms with Gasteiger partial charge in [0.25, 0.3) is 0 Å². The van der Waals surface area contributed by atoms with Gasteiger partial charge < -0.3 is 5.32 Å². The van der Waals surface area contributed by atoms with E-state index in [9.17, 15) is 0 Å². The summed E-state index contributed by atoms with van der Waals surface area (Å²) < 4.78 is 0. The molecule has 1 N–H and O–H groups in total. The number of nitrogens with one attached hydrogen (secondary N) is 1. The molecule has 0 aromatic heterocycles. The van der Waals surface area contributed by atoms with Crippen molar-refractivity contribution in [3.05, 3.63) is 0 Å². The van der Waals surface area contributed by atoms with Crippen molar-refractivity contribution in [2.45, 2.75) is 68.2 Å². The Labute approximate surface area is 92.7 Å². The van der Waals surface area contributed by atoms with Crippen molar-refractivity contribution in [3.8, 4) is 0 Å². The molecule has 1 nitrogen and oxygen atoms in total.